The highest BCUT2D eigenvalue weighted by Gasteiger charge is 2.23. The minimum Gasteiger partial charge on any atom is -0.506 e. The third kappa shape index (κ3) is 3.78. The van der Waals surface area contributed by atoms with Gasteiger partial charge in [-0.3, -0.25) is 4.57 Å². The topological polar surface area (TPSA) is 73.6 Å². The van der Waals surface area contributed by atoms with Gasteiger partial charge >= 0.3 is 5.97 Å². The van der Waals surface area contributed by atoms with Gasteiger partial charge < -0.3 is 14.6 Å². The Morgan fingerprint density at radius 2 is 2.10 bits per heavy atom. The fourth-order valence-electron chi connectivity index (χ4n) is 3.06. The summed E-state index contributed by atoms with van der Waals surface area (Å²) in [5.41, 5.74) is 2.32. The number of phenols is 1. The Bertz CT molecular complexity index is 1250. The largest absolute Gasteiger partial charge is 0.506 e. The summed E-state index contributed by atoms with van der Waals surface area (Å²) >= 11 is 10.9. The van der Waals surface area contributed by atoms with Gasteiger partial charge in [0, 0.05) is 16.1 Å². The van der Waals surface area contributed by atoms with Gasteiger partial charge in [0.2, 0.25) is 0 Å². The summed E-state index contributed by atoms with van der Waals surface area (Å²) in [6.07, 6.45) is 1.19. The summed E-state index contributed by atoms with van der Waals surface area (Å²) in [7, 11) is 1.32. The molecule has 0 aliphatic rings. The first-order valence-corrected chi connectivity index (χ1v) is 10.9. The monoisotopic (exact) mass is 506 g/mol. The van der Waals surface area contributed by atoms with Crippen molar-refractivity contribution in [1.82, 2.24) is 9.55 Å². The zero-order chi connectivity index (χ0) is 21.4. The van der Waals surface area contributed by atoms with Crippen LogP contribution >= 0.6 is 38.9 Å². The molecule has 2 aromatic heterocycles. The third-order valence-corrected chi connectivity index (χ3v) is 6.55. The Morgan fingerprint density at radius 1 is 1.30 bits per heavy atom. The second-order valence-corrected chi connectivity index (χ2v) is 8.78. The van der Waals surface area contributed by atoms with Crippen molar-refractivity contribution in [2.24, 2.45) is 0 Å². The fraction of sp³-hybridized carbons (Fsp3) is 0.143. The van der Waals surface area contributed by atoms with Crippen LogP contribution in [0.1, 0.15) is 28.3 Å². The number of phenolic OH excluding ortho intramolecular Hbond substituents is 1. The number of halogens is 2. The van der Waals surface area contributed by atoms with Gasteiger partial charge in [-0.25, -0.2) is 9.78 Å². The molecule has 0 saturated carbocycles. The highest BCUT2D eigenvalue weighted by molar-refractivity contribution is 9.10. The summed E-state index contributed by atoms with van der Waals surface area (Å²) in [4.78, 5) is 17.1. The number of aromatic nitrogens is 2. The molecule has 0 amide bonds. The van der Waals surface area contributed by atoms with Gasteiger partial charge in [0.1, 0.15) is 28.9 Å². The Hall–Kier alpha value is -2.55. The summed E-state index contributed by atoms with van der Waals surface area (Å²) in [5.74, 6) is -0.161. The maximum Gasteiger partial charge on any atom is 0.351 e. The average Bonchev–Trinajstić information content (AvgIpc) is 3.33. The number of esters is 1. The summed E-state index contributed by atoms with van der Waals surface area (Å²) < 4.78 is 13.8. The van der Waals surface area contributed by atoms with E-state index in [9.17, 15) is 9.90 Å². The van der Waals surface area contributed by atoms with E-state index < -0.39 is 12.1 Å². The van der Waals surface area contributed by atoms with Crippen molar-refractivity contribution in [3.05, 3.63) is 68.7 Å². The molecule has 30 heavy (non-hydrogen) atoms. The minimum absolute atomic E-state index is 0.0284. The zero-order valence-corrected chi connectivity index (χ0v) is 19.1. The van der Waals surface area contributed by atoms with Crippen LogP contribution in [0, 0.1) is 0 Å². The van der Waals surface area contributed by atoms with Crippen molar-refractivity contribution in [1.29, 1.82) is 0 Å². The normalized spacial score (nSPS) is 12.1. The molecule has 4 rings (SSSR count). The SMILES string of the molecule is COC(=O)c1sc(-n2cnc3ccc(Br)cc32)cc1O[C@H](C)c1cccc(O)c1Cl. The smallest absolute Gasteiger partial charge is 0.351 e. The number of rotatable bonds is 5. The number of carbonyl (C=O) groups excluding carboxylic acids is 1. The lowest BCUT2D eigenvalue weighted by Crippen LogP contribution is -2.07. The summed E-state index contributed by atoms with van der Waals surface area (Å²) in [6, 6.07) is 12.5. The number of thiophene rings is 1. The van der Waals surface area contributed by atoms with E-state index in [1.165, 1.54) is 24.5 Å². The maximum atomic E-state index is 12.4. The first-order chi connectivity index (χ1) is 14.4. The molecule has 154 valence electrons. The number of hydrogen-bond donors (Lipinski definition) is 1. The van der Waals surface area contributed by atoms with Gasteiger partial charge in [-0.15, -0.1) is 11.3 Å². The number of carbonyl (C=O) groups is 1. The second kappa shape index (κ2) is 8.29. The quantitative estimate of drug-likeness (QED) is 0.329. The number of hydrogen-bond acceptors (Lipinski definition) is 6. The number of aromatic hydroxyl groups is 1. The van der Waals surface area contributed by atoms with Crippen molar-refractivity contribution >= 4 is 55.9 Å². The predicted octanol–water partition coefficient (Wildman–Crippen LogP) is 6.14. The highest BCUT2D eigenvalue weighted by Crippen LogP contribution is 2.39. The van der Waals surface area contributed by atoms with E-state index in [4.69, 9.17) is 21.1 Å². The van der Waals surface area contributed by atoms with Gasteiger partial charge in [-0.1, -0.05) is 39.7 Å². The maximum absolute atomic E-state index is 12.4. The lowest BCUT2D eigenvalue weighted by molar-refractivity contribution is 0.0600. The van der Waals surface area contributed by atoms with E-state index in [0.717, 1.165) is 20.5 Å². The van der Waals surface area contributed by atoms with E-state index in [1.54, 1.807) is 31.5 Å². The van der Waals surface area contributed by atoms with Crippen LogP contribution in [-0.4, -0.2) is 27.7 Å². The number of fused-ring (bicyclic) bond motifs is 1. The van der Waals surface area contributed by atoms with E-state index in [0.29, 0.717) is 16.2 Å². The van der Waals surface area contributed by atoms with Crippen LogP contribution in [0.15, 0.2) is 53.3 Å². The third-order valence-electron chi connectivity index (χ3n) is 4.55. The van der Waals surface area contributed by atoms with Gasteiger partial charge in [-0.2, -0.15) is 0 Å². The van der Waals surface area contributed by atoms with E-state index in [1.807, 2.05) is 22.8 Å². The Kier molecular flexibility index (Phi) is 5.73. The van der Waals surface area contributed by atoms with Crippen molar-refractivity contribution in [3.8, 4) is 16.5 Å². The first-order valence-electron chi connectivity index (χ1n) is 8.88. The molecule has 0 bridgehead atoms. The number of ether oxygens (including phenoxy) is 2. The number of methoxy groups -OCH3 is 1. The molecule has 0 spiro atoms. The molecule has 0 saturated heterocycles. The molecule has 2 heterocycles. The van der Waals surface area contributed by atoms with E-state index >= 15 is 0 Å². The lowest BCUT2D eigenvalue weighted by Gasteiger charge is -2.16. The molecular weight excluding hydrogens is 492 g/mol. The van der Waals surface area contributed by atoms with Gasteiger partial charge in [0.05, 0.1) is 23.2 Å². The van der Waals surface area contributed by atoms with Crippen molar-refractivity contribution in [2.75, 3.05) is 7.11 Å². The molecule has 0 radical (unpaired) electrons. The molecule has 0 fully saturated rings. The van der Waals surface area contributed by atoms with Crippen molar-refractivity contribution in [3.63, 3.8) is 0 Å². The molecule has 0 aliphatic carbocycles. The van der Waals surface area contributed by atoms with Crippen LogP contribution < -0.4 is 4.74 Å². The second-order valence-electron chi connectivity index (χ2n) is 6.46. The van der Waals surface area contributed by atoms with E-state index in [2.05, 4.69) is 20.9 Å². The van der Waals surface area contributed by atoms with Crippen LogP contribution in [0.3, 0.4) is 0 Å². The standard InChI is InChI=1S/C21H16BrClN2O4S/c1-11(13-4-3-5-16(26)19(13)23)29-17-9-18(30-20(17)21(27)28-2)25-10-24-14-7-6-12(22)8-15(14)25/h3-11,26H,1-2H3/t11-/m1/s1. The summed E-state index contributed by atoms with van der Waals surface area (Å²) in [5, 5.41) is 10.8. The first kappa shape index (κ1) is 20.7. The molecule has 2 aromatic carbocycles. The highest BCUT2D eigenvalue weighted by atomic mass is 79.9. The molecule has 6 nitrogen and oxygen atoms in total. The molecule has 4 aromatic rings. The number of nitrogens with zero attached hydrogens (tertiary/aromatic N) is 2. The van der Waals surface area contributed by atoms with Crippen LogP contribution in [0.25, 0.3) is 16.0 Å². The Morgan fingerprint density at radius 3 is 2.87 bits per heavy atom. The Labute approximate surface area is 189 Å². The van der Waals surface area contributed by atoms with Gasteiger partial charge in [-0.05, 0) is 31.2 Å². The van der Waals surface area contributed by atoms with Crippen LogP contribution in [0.5, 0.6) is 11.5 Å². The average molecular weight is 508 g/mol. The van der Waals surface area contributed by atoms with Crippen molar-refractivity contribution in [2.45, 2.75) is 13.0 Å². The van der Waals surface area contributed by atoms with Crippen LogP contribution in [-0.2, 0) is 4.74 Å². The lowest BCUT2D eigenvalue weighted by atomic mass is 10.1. The Balaban J connectivity index is 1.76. The van der Waals surface area contributed by atoms with Gasteiger partial charge in [0.25, 0.3) is 0 Å². The molecule has 1 N–H and O–H groups in total. The zero-order valence-electron chi connectivity index (χ0n) is 15.9. The molecule has 9 heteroatoms. The molecular formula is C21H16BrClN2O4S. The van der Waals surface area contributed by atoms with Crippen LogP contribution in [0.2, 0.25) is 5.02 Å². The molecule has 1 atom stereocenters. The molecule has 0 unspecified atom stereocenters. The van der Waals surface area contributed by atoms with Crippen molar-refractivity contribution < 1.29 is 19.4 Å². The summed E-state index contributed by atoms with van der Waals surface area (Å²) in [6.45, 7) is 1.79. The minimum atomic E-state index is -0.510. The fourth-order valence-corrected chi connectivity index (χ4v) is 4.69. The molecule has 0 aliphatic heterocycles. The number of imidazole rings is 1. The van der Waals surface area contributed by atoms with Crippen LogP contribution in [0.4, 0.5) is 0 Å². The van der Waals surface area contributed by atoms with Gasteiger partial charge in [0.15, 0.2) is 4.88 Å². The number of benzene rings is 2. The van der Waals surface area contributed by atoms with E-state index in [-0.39, 0.29) is 10.8 Å². The predicted molar refractivity (Wildman–Crippen MR) is 120 cm³/mol.